The van der Waals surface area contributed by atoms with Crippen LogP contribution >= 0.6 is 0 Å². The van der Waals surface area contributed by atoms with Crippen molar-refractivity contribution in [3.8, 4) is 0 Å². The Hall–Kier alpha value is -2.01. The minimum Gasteiger partial charge on any atom is -0.381 e. The van der Waals surface area contributed by atoms with Gasteiger partial charge in [0.25, 0.3) is 0 Å². The number of alkyl halides is 1. The first-order chi connectivity index (χ1) is 13.0. The Bertz CT molecular complexity index is 672. The molecule has 4 N–H and O–H groups in total. The van der Waals surface area contributed by atoms with E-state index >= 15 is 0 Å². The molecule has 3 heterocycles. The summed E-state index contributed by atoms with van der Waals surface area (Å²) in [6, 6.07) is 1.85. The lowest BCUT2D eigenvalue weighted by Crippen LogP contribution is -2.62. The van der Waals surface area contributed by atoms with Gasteiger partial charge < -0.3 is 15.8 Å². The van der Waals surface area contributed by atoms with Crippen LogP contribution in [0.25, 0.3) is 0 Å². The first-order valence-electron chi connectivity index (χ1n) is 8.99. The number of aromatic nitrogens is 1. The fourth-order valence-electron chi connectivity index (χ4n) is 3.71. The van der Waals surface area contributed by atoms with Crippen molar-refractivity contribution < 1.29 is 13.9 Å². The van der Waals surface area contributed by atoms with Gasteiger partial charge in [-0.25, -0.2) is 4.39 Å². The van der Waals surface area contributed by atoms with E-state index in [9.17, 15) is 14.1 Å². The largest absolute Gasteiger partial charge is 0.381 e. The van der Waals surface area contributed by atoms with Crippen molar-refractivity contribution in [1.29, 1.82) is 0 Å². The van der Waals surface area contributed by atoms with Crippen LogP contribution in [0, 0.1) is 10.8 Å². The maximum Gasteiger partial charge on any atom is 0.234 e. The van der Waals surface area contributed by atoms with E-state index in [1.54, 1.807) is 24.3 Å². The van der Waals surface area contributed by atoms with Crippen LogP contribution < -0.4 is 16.4 Å². The molecule has 0 spiro atoms. The molecule has 2 aliphatic heterocycles. The zero-order valence-electron chi connectivity index (χ0n) is 15.2. The van der Waals surface area contributed by atoms with Gasteiger partial charge in [-0.15, -0.1) is 4.91 Å². The van der Waals surface area contributed by atoms with Crippen LogP contribution in [-0.2, 0) is 9.53 Å². The van der Waals surface area contributed by atoms with Crippen molar-refractivity contribution >= 4 is 11.6 Å². The molecule has 1 aromatic rings. The summed E-state index contributed by atoms with van der Waals surface area (Å²) in [6.07, 6.45) is 1.17. The van der Waals surface area contributed by atoms with Gasteiger partial charge in [0, 0.05) is 31.8 Å². The van der Waals surface area contributed by atoms with Gasteiger partial charge in [0.1, 0.15) is 12.1 Å². The second-order valence-electron chi connectivity index (χ2n) is 7.02. The number of carbonyl (C=O) groups is 1. The molecule has 9 nitrogen and oxygen atoms in total. The Kier molecular flexibility index (Phi) is 6.42. The number of nitroso groups, excluding NO2 is 1. The Labute approximate surface area is 156 Å². The van der Waals surface area contributed by atoms with Gasteiger partial charge in [-0.1, -0.05) is 5.18 Å². The van der Waals surface area contributed by atoms with Crippen LogP contribution in [0.2, 0.25) is 0 Å². The number of anilines is 1. The average Bonchev–Trinajstić information content (AvgIpc) is 3.18. The molecule has 0 aromatic carbocycles. The van der Waals surface area contributed by atoms with E-state index in [2.05, 4.69) is 20.8 Å². The Morgan fingerprint density at radius 2 is 2.41 bits per heavy atom. The number of halogens is 1. The number of pyridine rings is 1. The predicted octanol–water partition coefficient (Wildman–Crippen LogP) is 0.391. The SMILES string of the molecule is CN1CC(F)CNC1C(C(=O)Nc1cnccc1C1CCOC1)C(N)N=O. The molecule has 0 aliphatic carbocycles. The average molecular weight is 380 g/mol. The summed E-state index contributed by atoms with van der Waals surface area (Å²) < 4.78 is 19.0. The van der Waals surface area contributed by atoms with Crippen molar-refractivity contribution in [2.45, 2.75) is 30.8 Å². The Morgan fingerprint density at radius 3 is 3.07 bits per heavy atom. The molecule has 2 fully saturated rings. The fraction of sp³-hybridized carbons (Fsp3) is 0.647. The van der Waals surface area contributed by atoms with Crippen molar-refractivity contribution in [3.05, 3.63) is 28.9 Å². The number of ether oxygens (including phenoxy) is 1. The van der Waals surface area contributed by atoms with E-state index in [1.165, 1.54) is 0 Å². The molecular formula is C17H25FN6O3. The van der Waals surface area contributed by atoms with Crippen LogP contribution in [0.4, 0.5) is 10.1 Å². The van der Waals surface area contributed by atoms with Crippen LogP contribution in [0.5, 0.6) is 0 Å². The van der Waals surface area contributed by atoms with Crippen LogP contribution in [0.1, 0.15) is 17.9 Å². The van der Waals surface area contributed by atoms with Crippen molar-refractivity contribution in [2.24, 2.45) is 16.8 Å². The van der Waals surface area contributed by atoms with Crippen molar-refractivity contribution in [2.75, 3.05) is 38.7 Å². The fourth-order valence-corrected chi connectivity index (χ4v) is 3.71. The lowest BCUT2D eigenvalue weighted by atomic mass is 9.96. The highest BCUT2D eigenvalue weighted by molar-refractivity contribution is 5.94. The minimum absolute atomic E-state index is 0.0852. The minimum atomic E-state index is -1.27. The van der Waals surface area contributed by atoms with E-state index in [-0.39, 0.29) is 19.0 Å². The van der Waals surface area contributed by atoms with Gasteiger partial charge in [0.2, 0.25) is 5.91 Å². The first kappa shape index (κ1) is 19.7. The lowest BCUT2D eigenvalue weighted by molar-refractivity contribution is -0.124. The normalized spacial score (nSPS) is 28.5. The highest BCUT2D eigenvalue weighted by atomic mass is 19.1. The third kappa shape index (κ3) is 4.46. The van der Waals surface area contributed by atoms with E-state index in [0.717, 1.165) is 12.0 Å². The number of amides is 1. The van der Waals surface area contributed by atoms with E-state index in [0.29, 0.717) is 18.9 Å². The molecule has 5 unspecified atom stereocenters. The standard InChI is InChI=1S/C17H25FN6O3/c1-24-8-11(18)6-21-16(24)14(15(19)23-26)17(25)22-13-7-20-4-2-12(13)10-3-5-27-9-10/h2,4,7,10-11,14-16,21H,3,5-6,8-9,19H2,1H3,(H,22,25). The highest BCUT2D eigenvalue weighted by Gasteiger charge is 2.40. The monoisotopic (exact) mass is 380 g/mol. The summed E-state index contributed by atoms with van der Waals surface area (Å²) in [4.78, 5) is 29.8. The molecule has 2 saturated heterocycles. The number of rotatable bonds is 6. The number of carbonyl (C=O) groups excluding carboxylic acids is 1. The highest BCUT2D eigenvalue weighted by Crippen LogP contribution is 2.31. The smallest absolute Gasteiger partial charge is 0.234 e. The number of nitrogens with one attached hydrogen (secondary N) is 2. The predicted molar refractivity (Wildman–Crippen MR) is 97.6 cm³/mol. The molecule has 0 bridgehead atoms. The second-order valence-corrected chi connectivity index (χ2v) is 7.02. The Balaban J connectivity index is 1.80. The van der Waals surface area contributed by atoms with Crippen molar-refractivity contribution in [3.63, 3.8) is 0 Å². The van der Waals surface area contributed by atoms with E-state index < -0.39 is 30.3 Å². The molecule has 27 heavy (non-hydrogen) atoms. The molecule has 148 valence electrons. The summed E-state index contributed by atoms with van der Waals surface area (Å²) >= 11 is 0. The third-order valence-electron chi connectivity index (χ3n) is 5.12. The summed E-state index contributed by atoms with van der Waals surface area (Å²) in [5, 5.41) is 8.63. The molecule has 3 rings (SSSR count). The maximum absolute atomic E-state index is 13.6. The van der Waals surface area contributed by atoms with Gasteiger partial charge in [-0.2, -0.15) is 0 Å². The molecule has 1 aromatic heterocycles. The lowest BCUT2D eigenvalue weighted by Gasteiger charge is -2.39. The Morgan fingerprint density at radius 1 is 1.59 bits per heavy atom. The van der Waals surface area contributed by atoms with Crippen molar-refractivity contribution in [1.82, 2.24) is 15.2 Å². The first-order valence-corrected chi connectivity index (χ1v) is 8.99. The van der Waals surface area contributed by atoms with Gasteiger partial charge in [0.15, 0.2) is 6.17 Å². The summed E-state index contributed by atoms with van der Waals surface area (Å²) in [6.45, 7) is 1.48. The summed E-state index contributed by atoms with van der Waals surface area (Å²) in [7, 11) is 1.67. The van der Waals surface area contributed by atoms with Gasteiger partial charge in [0.05, 0.1) is 24.7 Å². The van der Waals surface area contributed by atoms with E-state index in [1.807, 2.05) is 6.07 Å². The van der Waals surface area contributed by atoms with Gasteiger partial charge in [-0.05, 0) is 25.1 Å². The molecule has 0 radical (unpaired) electrons. The summed E-state index contributed by atoms with van der Waals surface area (Å²) in [5.41, 5.74) is 7.31. The van der Waals surface area contributed by atoms with Gasteiger partial charge in [-0.3, -0.25) is 20.0 Å². The second kappa shape index (κ2) is 8.79. The zero-order valence-corrected chi connectivity index (χ0v) is 15.2. The van der Waals surface area contributed by atoms with Crippen LogP contribution in [0.3, 0.4) is 0 Å². The number of hydrogen-bond acceptors (Lipinski definition) is 8. The molecular weight excluding hydrogens is 355 g/mol. The number of nitrogens with zero attached hydrogens (tertiary/aromatic N) is 3. The number of nitrogens with two attached hydrogens (primary N) is 1. The zero-order chi connectivity index (χ0) is 19.4. The summed E-state index contributed by atoms with van der Waals surface area (Å²) in [5.74, 6) is -1.27. The molecule has 2 aliphatic rings. The van der Waals surface area contributed by atoms with Crippen LogP contribution in [0.15, 0.2) is 23.6 Å². The van der Waals surface area contributed by atoms with Crippen LogP contribution in [-0.4, -0.2) is 67.6 Å². The molecule has 5 atom stereocenters. The topological polar surface area (TPSA) is 122 Å². The third-order valence-corrected chi connectivity index (χ3v) is 5.12. The quantitative estimate of drug-likeness (QED) is 0.610. The maximum atomic E-state index is 13.6. The van der Waals surface area contributed by atoms with E-state index in [4.69, 9.17) is 10.5 Å². The molecule has 10 heteroatoms. The van der Waals surface area contributed by atoms with Gasteiger partial charge >= 0.3 is 0 Å². The molecule has 1 amide bonds. The molecule has 0 saturated carbocycles. The number of hydrogen-bond donors (Lipinski definition) is 3.